The maximum atomic E-state index is 11.6. The van der Waals surface area contributed by atoms with Crippen LogP contribution in [0.1, 0.15) is 26.0 Å². The van der Waals surface area contributed by atoms with Gasteiger partial charge in [-0.15, -0.1) is 0 Å². The highest BCUT2D eigenvalue weighted by Gasteiger charge is 2.22. The van der Waals surface area contributed by atoms with Crippen molar-refractivity contribution in [2.24, 2.45) is 0 Å². The molecule has 3 heteroatoms. The predicted octanol–water partition coefficient (Wildman–Crippen LogP) is 2.28. The highest BCUT2D eigenvalue weighted by atomic mass is 16.1. The summed E-state index contributed by atoms with van der Waals surface area (Å²) in [6.45, 7) is 3.95. The largest absolute Gasteiger partial charge is 0.322 e. The second-order valence-electron chi connectivity index (χ2n) is 3.72. The standard InChI is InChI=1S/C13H14N2O/c1-3-11-9(2)12(15-13(11)16)8-10-6-4-5-7-14-10/h4-8H,3H2,1-2H3,(H,15,16)/b12-8+. The number of pyridine rings is 1. The van der Waals surface area contributed by atoms with Crippen LogP contribution in [0.4, 0.5) is 0 Å². The summed E-state index contributed by atoms with van der Waals surface area (Å²) in [5.74, 6) is 0.0159. The highest BCUT2D eigenvalue weighted by Crippen LogP contribution is 2.23. The minimum absolute atomic E-state index is 0.0159. The summed E-state index contributed by atoms with van der Waals surface area (Å²) in [7, 11) is 0. The molecule has 82 valence electrons. The molecule has 0 aliphatic carbocycles. The van der Waals surface area contributed by atoms with Gasteiger partial charge in [-0.05, 0) is 37.1 Å². The number of hydrogen-bond acceptors (Lipinski definition) is 2. The maximum Gasteiger partial charge on any atom is 0.251 e. The van der Waals surface area contributed by atoms with Gasteiger partial charge in [-0.3, -0.25) is 9.78 Å². The van der Waals surface area contributed by atoms with Crippen LogP contribution in [0.5, 0.6) is 0 Å². The average Bonchev–Trinajstić information content (AvgIpc) is 2.55. The molecule has 0 saturated heterocycles. The Morgan fingerprint density at radius 3 is 2.81 bits per heavy atom. The number of nitrogens with zero attached hydrogens (tertiary/aromatic N) is 1. The van der Waals surface area contributed by atoms with Crippen molar-refractivity contribution in [3.63, 3.8) is 0 Å². The molecule has 0 aromatic carbocycles. The topological polar surface area (TPSA) is 42.0 Å². The van der Waals surface area contributed by atoms with Crippen LogP contribution in [0.15, 0.2) is 41.2 Å². The minimum atomic E-state index is 0.0159. The fourth-order valence-corrected chi connectivity index (χ4v) is 1.80. The van der Waals surface area contributed by atoms with Crippen LogP contribution < -0.4 is 5.32 Å². The summed E-state index contributed by atoms with van der Waals surface area (Å²) in [5.41, 5.74) is 3.61. The molecule has 1 amide bonds. The molecular weight excluding hydrogens is 200 g/mol. The van der Waals surface area contributed by atoms with E-state index in [0.29, 0.717) is 0 Å². The SMILES string of the molecule is CCC1=C(C)/C(=C\c2ccccn2)NC1=O. The summed E-state index contributed by atoms with van der Waals surface area (Å²) in [6.07, 6.45) is 4.40. The summed E-state index contributed by atoms with van der Waals surface area (Å²) in [4.78, 5) is 15.8. The maximum absolute atomic E-state index is 11.6. The molecule has 1 aromatic heterocycles. The molecule has 0 atom stereocenters. The molecule has 16 heavy (non-hydrogen) atoms. The Bertz CT molecular complexity index is 472. The van der Waals surface area contributed by atoms with Gasteiger partial charge in [0.1, 0.15) is 0 Å². The first-order valence-corrected chi connectivity index (χ1v) is 5.36. The van der Waals surface area contributed by atoms with Gasteiger partial charge >= 0.3 is 0 Å². The van der Waals surface area contributed by atoms with E-state index in [4.69, 9.17) is 0 Å². The lowest BCUT2D eigenvalue weighted by Crippen LogP contribution is -2.16. The van der Waals surface area contributed by atoms with Gasteiger partial charge in [-0.2, -0.15) is 0 Å². The normalized spacial score (nSPS) is 18.1. The van der Waals surface area contributed by atoms with E-state index in [-0.39, 0.29) is 5.91 Å². The molecule has 2 rings (SSSR count). The molecule has 1 aliphatic rings. The molecule has 0 bridgehead atoms. The summed E-state index contributed by atoms with van der Waals surface area (Å²) < 4.78 is 0. The number of nitrogens with one attached hydrogen (secondary N) is 1. The second-order valence-corrected chi connectivity index (χ2v) is 3.72. The van der Waals surface area contributed by atoms with Crippen LogP contribution >= 0.6 is 0 Å². The van der Waals surface area contributed by atoms with Gasteiger partial charge in [0.2, 0.25) is 0 Å². The third kappa shape index (κ3) is 1.89. The van der Waals surface area contributed by atoms with Crippen molar-refractivity contribution in [1.29, 1.82) is 0 Å². The van der Waals surface area contributed by atoms with Crippen molar-refractivity contribution in [2.75, 3.05) is 0 Å². The van der Waals surface area contributed by atoms with E-state index < -0.39 is 0 Å². The third-order valence-corrected chi connectivity index (χ3v) is 2.71. The van der Waals surface area contributed by atoms with Crippen LogP contribution in [0.3, 0.4) is 0 Å². The fraction of sp³-hybridized carbons (Fsp3) is 0.231. The molecule has 1 aromatic rings. The molecule has 3 nitrogen and oxygen atoms in total. The van der Waals surface area contributed by atoms with Crippen LogP contribution in [-0.4, -0.2) is 10.9 Å². The lowest BCUT2D eigenvalue weighted by atomic mass is 10.1. The Kier molecular flexibility index (Phi) is 2.86. The number of amides is 1. The summed E-state index contributed by atoms with van der Waals surface area (Å²) >= 11 is 0. The number of carbonyl (C=O) groups is 1. The van der Waals surface area contributed by atoms with Gasteiger partial charge in [0, 0.05) is 17.5 Å². The monoisotopic (exact) mass is 214 g/mol. The molecule has 0 spiro atoms. The first-order chi connectivity index (χ1) is 7.72. The van der Waals surface area contributed by atoms with E-state index in [0.717, 1.165) is 29.0 Å². The predicted molar refractivity (Wildman–Crippen MR) is 63.3 cm³/mol. The molecule has 1 N–H and O–H groups in total. The average molecular weight is 214 g/mol. The van der Waals surface area contributed by atoms with Gasteiger partial charge in [0.05, 0.1) is 5.69 Å². The van der Waals surface area contributed by atoms with E-state index in [9.17, 15) is 4.79 Å². The Hall–Kier alpha value is -1.90. The molecule has 0 saturated carbocycles. The quantitative estimate of drug-likeness (QED) is 0.820. The fourth-order valence-electron chi connectivity index (χ4n) is 1.80. The van der Waals surface area contributed by atoms with Crippen LogP contribution in [-0.2, 0) is 4.79 Å². The Balaban J connectivity index is 2.35. The summed E-state index contributed by atoms with van der Waals surface area (Å²) in [5, 5.41) is 2.86. The third-order valence-electron chi connectivity index (χ3n) is 2.71. The van der Waals surface area contributed by atoms with E-state index in [1.165, 1.54) is 0 Å². The van der Waals surface area contributed by atoms with Gasteiger partial charge in [-0.25, -0.2) is 0 Å². The first-order valence-electron chi connectivity index (χ1n) is 5.36. The zero-order valence-electron chi connectivity index (χ0n) is 9.45. The van der Waals surface area contributed by atoms with Crippen molar-refractivity contribution < 1.29 is 4.79 Å². The zero-order valence-corrected chi connectivity index (χ0v) is 9.45. The molecule has 0 fully saturated rings. The molecule has 0 unspecified atom stereocenters. The number of rotatable bonds is 2. The van der Waals surface area contributed by atoms with Crippen molar-refractivity contribution in [1.82, 2.24) is 10.3 Å². The number of allylic oxidation sites excluding steroid dienone is 1. The van der Waals surface area contributed by atoms with E-state index >= 15 is 0 Å². The van der Waals surface area contributed by atoms with Crippen molar-refractivity contribution >= 4 is 12.0 Å². The number of carbonyl (C=O) groups excluding carboxylic acids is 1. The Labute approximate surface area is 94.9 Å². The van der Waals surface area contributed by atoms with Gasteiger partial charge < -0.3 is 5.32 Å². The number of hydrogen-bond donors (Lipinski definition) is 1. The Morgan fingerprint density at radius 1 is 1.44 bits per heavy atom. The van der Waals surface area contributed by atoms with Gasteiger partial charge in [0.15, 0.2) is 0 Å². The van der Waals surface area contributed by atoms with Crippen LogP contribution in [0, 0.1) is 0 Å². The van der Waals surface area contributed by atoms with Crippen molar-refractivity contribution in [3.05, 3.63) is 46.9 Å². The van der Waals surface area contributed by atoms with E-state index in [1.807, 2.05) is 38.1 Å². The number of aromatic nitrogens is 1. The molecule has 1 aliphatic heterocycles. The highest BCUT2D eigenvalue weighted by molar-refractivity contribution is 6.01. The minimum Gasteiger partial charge on any atom is -0.322 e. The molecule has 0 radical (unpaired) electrons. The van der Waals surface area contributed by atoms with Crippen molar-refractivity contribution in [2.45, 2.75) is 20.3 Å². The Morgan fingerprint density at radius 2 is 2.25 bits per heavy atom. The van der Waals surface area contributed by atoms with Gasteiger partial charge in [0.25, 0.3) is 5.91 Å². The smallest absolute Gasteiger partial charge is 0.251 e. The second kappa shape index (κ2) is 4.31. The van der Waals surface area contributed by atoms with Gasteiger partial charge in [-0.1, -0.05) is 13.0 Å². The lowest BCUT2D eigenvalue weighted by Gasteiger charge is -1.99. The zero-order chi connectivity index (χ0) is 11.5. The van der Waals surface area contributed by atoms with Crippen LogP contribution in [0.2, 0.25) is 0 Å². The van der Waals surface area contributed by atoms with E-state index in [2.05, 4.69) is 10.3 Å². The van der Waals surface area contributed by atoms with Crippen LogP contribution in [0.25, 0.3) is 6.08 Å². The summed E-state index contributed by atoms with van der Waals surface area (Å²) in [6, 6.07) is 5.71. The first kappa shape index (κ1) is 10.6. The van der Waals surface area contributed by atoms with Crippen molar-refractivity contribution in [3.8, 4) is 0 Å². The molecule has 2 heterocycles. The lowest BCUT2D eigenvalue weighted by molar-refractivity contribution is -0.116. The molecular formula is C13H14N2O. The van der Waals surface area contributed by atoms with E-state index in [1.54, 1.807) is 6.20 Å².